The lowest BCUT2D eigenvalue weighted by Gasteiger charge is -2.04. The molecule has 6 heteroatoms. The Morgan fingerprint density at radius 2 is 1.80 bits per heavy atom. The van der Waals surface area contributed by atoms with Crippen LogP contribution in [-0.2, 0) is 12.8 Å². The van der Waals surface area contributed by atoms with Crippen molar-refractivity contribution in [2.75, 3.05) is 13.7 Å². The summed E-state index contributed by atoms with van der Waals surface area (Å²) in [6.45, 7) is 0.488. The highest BCUT2D eigenvalue weighted by Crippen LogP contribution is 2.11. The molecular formula is C19H19N3O3. The van der Waals surface area contributed by atoms with E-state index in [0.717, 1.165) is 16.9 Å². The number of carbonyl (C=O) groups excluding carboxylic acids is 1. The first-order chi connectivity index (χ1) is 12.2. The fraction of sp³-hybridized carbons (Fsp3) is 0.211. The van der Waals surface area contributed by atoms with Crippen LogP contribution >= 0.6 is 0 Å². The molecule has 1 heterocycles. The molecular weight excluding hydrogens is 318 g/mol. The molecule has 0 aliphatic rings. The van der Waals surface area contributed by atoms with Crippen molar-refractivity contribution >= 4 is 5.91 Å². The summed E-state index contributed by atoms with van der Waals surface area (Å²) in [7, 11) is 1.63. The molecule has 25 heavy (non-hydrogen) atoms. The Morgan fingerprint density at radius 1 is 1.04 bits per heavy atom. The number of rotatable bonds is 7. The number of hydrogen-bond acceptors (Lipinski definition) is 5. The maximum Gasteiger partial charge on any atom is 0.308 e. The van der Waals surface area contributed by atoms with Crippen LogP contribution in [0.2, 0.25) is 0 Å². The minimum absolute atomic E-state index is 0.0133. The van der Waals surface area contributed by atoms with E-state index in [1.807, 2.05) is 54.6 Å². The van der Waals surface area contributed by atoms with Crippen LogP contribution in [0, 0.1) is 0 Å². The van der Waals surface area contributed by atoms with Gasteiger partial charge < -0.3 is 14.5 Å². The zero-order valence-electron chi connectivity index (χ0n) is 13.9. The summed E-state index contributed by atoms with van der Waals surface area (Å²) in [5, 5.41) is 10.5. The minimum atomic E-state index is -0.361. The van der Waals surface area contributed by atoms with Gasteiger partial charge >= 0.3 is 11.8 Å². The number of nitrogens with one attached hydrogen (secondary N) is 1. The van der Waals surface area contributed by atoms with Crippen molar-refractivity contribution in [2.24, 2.45) is 0 Å². The smallest absolute Gasteiger partial charge is 0.308 e. The Hall–Kier alpha value is -3.15. The van der Waals surface area contributed by atoms with Gasteiger partial charge in [0.2, 0.25) is 5.89 Å². The van der Waals surface area contributed by atoms with Crippen LogP contribution in [0.15, 0.2) is 59.0 Å². The first kappa shape index (κ1) is 16.7. The molecule has 1 N–H and O–H groups in total. The third kappa shape index (κ3) is 4.67. The first-order valence-electron chi connectivity index (χ1n) is 8.02. The van der Waals surface area contributed by atoms with E-state index in [1.54, 1.807) is 7.11 Å². The summed E-state index contributed by atoms with van der Waals surface area (Å²) < 4.78 is 10.5. The van der Waals surface area contributed by atoms with Gasteiger partial charge in [-0.15, -0.1) is 10.2 Å². The molecule has 3 rings (SSSR count). The quantitative estimate of drug-likeness (QED) is 0.717. The van der Waals surface area contributed by atoms with Crippen molar-refractivity contribution in [1.29, 1.82) is 0 Å². The van der Waals surface area contributed by atoms with Gasteiger partial charge in [0.05, 0.1) is 13.5 Å². The van der Waals surface area contributed by atoms with Crippen molar-refractivity contribution < 1.29 is 13.9 Å². The normalized spacial score (nSPS) is 10.4. The molecule has 1 aromatic heterocycles. The van der Waals surface area contributed by atoms with E-state index in [9.17, 15) is 4.79 Å². The lowest BCUT2D eigenvalue weighted by molar-refractivity contribution is 0.0918. The number of nitrogens with zero attached hydrogens (tertiary/aromatic N) is 2. The van der Waals surface area contributed by atoms with Gasteiger partial charge in [-0.05, 0) is 29.7 Å². The minimum Gasteiger partial charge on any atom is -0.497 e. The van der Waals surface area contributed by atoms with E-state index in [2.05, 4.69) is 15.5 Å². The zero-order chi connectivity index (χ0) is 17.5. The number of ether oxygens (including phenoxy) is 1. The molecule has 0 fully saturated rings. The zero-order valence-corrected chi connectivity index (χ0v) is 13.9. The fourth-order valence-corrected chi connectivity index (χ4v) is 2.38. The second kappa shape index (κ2) is 8.10. The van der Waals surface area contributed by atoms with Crippen LogP contribution in [0.5, 0.6) is 5.75 Å². The predicted molar refractivity (Wildman–Crippen MR) is 92.6 cm³/mol. The highest BCUT2D eigenvalue weighted by Gasteiger charge is 2.14. The van der Waals surface area contributed by atoms with Gasteiger partial charge in [0.15, 0.2) is 0 Å². The molecule has 2 aromatic carbocycles. The number of hydrogen-bond donors (Lipinski definition) is 1. The molecule has 0 aliphatic heterocycles. The van der Waals surface area contributed by atoms with E-state index >= 15 is 0 Å². The Bertz CT molecular complexity index is 813. The first-order valence-corrected chi connectivity index (χ1v) is 8.02. The van der Waals surface area contributed by atoms with Crippen molar-refractivity contribution in [2.45, 2.75) is 12.8 Å². The molecule has 0 atom stereocenters. The molecule has 1 amide bonds. The second-order valence-corrected chi connectivity index (χ2v) is 5.52. The third-order valence-corrected chi connectivity index (χ3v) is 3.72. The van der Waals surface area contributed by atoms with Gasteiger partial charge in [-0.3, -0.25) is 4.79 Å². The average Bonchev–Trinajstić information content (AvgIpc) is 3.12. The van der Waals surface area contributed by atoms with Crippen LogP contribution in [0.3, 0.4) is 0 Å². The topological polar surface area (TPSA) is 77.2 Å². The van der Waals surface area contributed by atoms with Crippen LogP contribution in [0.4, 0.5) is 0 Å². The molecule has 0 spiro atoms. The summed E-state index contributed by atoms with van der Waals surface area (Å²) >= 11 is 0. The molecule has 0 saturated carbocycles. The van der Waals surface area contributed by atoms with Crippen LogP contribution in [0.1, 0.15) is 27.7 Å². The predicted octanol–water partition coefficient (Wildman–Crippen LogP) is 2.64. The van der Waals surface area contributed by atoms with E-state index in [1.165, 1.54) is 0 Å². The van der Waals surface area contributed by atoms with Crippen molar-refractivity contribution in [3.63, 3.8) is 0 Å². The molecule has 0 bridgehead atoms. The lowest BCUT2D eigenvalue weighted by Crippen LogP contribution is -2.26. The Balaban J connectivity index is 1.49. The van der Waals surface area contributed by atoms with E-state index in [0.29, 0.717) is 25.3 Å². The summed E-state index contributed by atoms with van der Waals surface area (Å²) in [6, 6.07) is 17.5. The van der Waals surface area contributed by atoms with Crippen molar-refractivity contribution in [1.82, 2.24) is 15.5 Å². The molecule has 0 unspecified atom stereocenters. The number of benzene rings is 2. The molecule has 0 saturated heterocycles. The lowest BCUT2D eigenvalue weighted by atomic mass is 10.1. The molecule has 3 aromatic rings. The summed E-state index contributed by atoms with van der Waals surface area (Å²) in [5.41, 5.74) is 2.16. The summed E-state index contributed by atoms with van der Waals surface area (Å²) in [4.78, 5) is 12.1. The third-order valence-electron chi connectivity index (χ3n) is 3.72. The monoisotopic (exact) mass is 337 g/mol. The fourth-order valence-electron chi connectivity index (χ4n) is 2.38. The SMILES string of the molecule is COc1ccc(CCNC(=O)c2nnc(Cc3ccccc3)o2)cc1. The maximum atomic E-state index is 12.1. The largest absolute Gasteiger partial charge is 0.497 e. The number of carbonyl (C=O) groups is 1. The van der Waals surface area contributed by atoms with Gasteiger partial charge in [0.1, 0.15) is 5.75 Å². The van der Waals surface area contributed by atoms with Crippen LogP contribution in [-0.4, -0.2) is 29.8 Å². The van der Waals surface area contributed by atoms with Gasteiger partial charge in [0.25, 0.3) is 0 Å². The van der Waals surface area contributed by atoms with Crippen LogP contribution in [0.25, 0.3) is 0 Å². The Kier molecular flexibility index (Phi) is 5.41. The molecule has 128 valence electrons. The highest BCUT2D eigenvalue weighted by atomic mass is 16.5. The van der Waals surface area contributed by atoms with E-state index in [-0.39, 0.29) is 11.8 Å². The summed E-state index contributed by atoms with van der Waals surface area (Å²) in [6.07, 6.45) is 1.22. The number of amides is 1. The number of aromatic nitrogens is 2. The second-order valence-electron chi connectivity index (χ2n) is 5.52. The number of methoxy groups -OCH3 is 1. The van der Waals surface area contributed by atoms with E-state index in [4.69, 9.17) is 9.15 Å². The summed E-state index contributed by atoms with van der Waals surface area (Å²) in [5.74, 6) is 0.858. The molecule has 6 nitrogen and oxygen atoms in total. The van der Waals surface area contributed by atoms with Gasteiger partial charge in [-0.2, -0.15) is 0 Å². The average molecular weight is 337 g/mol. The van der Waals surface area contributed by atoms with Gasteiger partial charge in [0, 0.05) is 6.54 Å². The van der Waals surface area contributed by atoms with E-state index < -0.39 is 0 Å². The van der Waals surface area contributed by atoms with Crippen molar-refractivity contribution in [3.05, 3.63) is 77.5 Å². The Labute approximate surface area is 145 Å². The molecule has 0 radical (unpaired) electrons. The highest BCUT2D eigenvalue weighted by molar-refractivity contribution is 5.89. The standard InChI is InChI=1S/C19H19N3O3/c1-24-16-9-7-14(8-10-16)11-12-20-18(23)19-22-21-17(25-19)13-15-5-3-2-4-6-15/h2-10H,11-13H2,1H3,(H,20,23). The maximum absolute atomic E-state index is 12.1. The van der Waals surface area contributed by atoms with Crippen LogP contribution < -0.4 is 10.1 Å². The van der Waals surface area contributed by atoms with Crippen molar-refractivity contribution in [3.8, 4) is 5.75 Å². The molecule has 0 aliphatic carbocycles. The Morgan fingerprint density at radius 3 is 2.52 bits per heavy atom. The van der Waals surface area contributed by atoms with Gasteiger partial charge in [-0.1, -0.05) is 42.5 Å². The van der Waals surface area contributed by atoms with Gasteiger partial charge in [-0.25, -0.2) is 0 Å².